The second kappa shape index (κ2) is 7.17. The van der Waals surface area contributed by atoms with Gasteiger partial charge in [0.05, 0.1) is 5.52 Å². The summed E-state index contributed by atoms with van der Waals surface area (Å²) >= 11 is 0. The number of nitrogen functional groups attached to an aromatic ring is 1. The van der Waals surface area contributed by atoms with E-state index >= 15 is 0 Å². The minimum absolute atomic E-state index is 0.843. The van der Waals surface area contributed by atoms with Gasteiger partial charge in [0.15, 0.2) is 0 Å². The van der Waals surface area contributed by atoms with E-state index in [9.17, 15) is 0 Å². The number of rotatable bonds is 7. The predicted octanol–water partition coefficient (Wildman–Crippen LogP) is 5.03. The van der Waals surface area contributed by atoms with Crippen molar-refractivity contribution >= 4 is 16.6 Å². The molecule has 3 aromatic rings. The summed E-state index contributed by atoms with van der Waals surface area (Å²) in [5.74, 6) is 0. The lowest BCUT2D eigenvalue weighted by Gasteiger charge is -2.06. The van der Waals surface area contributed by atoms with Gasteiger partial charge in [0, 0.05) is 18.4 Å². The monoisotopic (exact) mass is 292 g/mol. The van der Waals surface area contributed by atoms with Crippen LogP contribution in [0.4, 0.5) is 5.69 Å². The highest BCUT2D eigenvalue weighted by molar-refractivity contribution is 5.83. The second-order valence-corrected chi connectivity index (χ2v) is 5.98. The highest BCUT2D eigenvalue weighted by Crippen LogP contribution is 2.19. The SMILES string of the molecule is Nc1ccc2ccn(CCCCCCc3ccccc3)c2c1. The maximum atomic E-state index is 5.89. The number of nitrogens with zero attached hydrogens (tertiary/aromatic N) is 1. The van der Waals surface area contributed by atoms with Gasteiger partial charge < -0.3 is 10.3 Å². The van der Waals surface area contributed by atoms with Crippen LogP contribution in [0, 0.1) is 0 Å². The van der Waals surface area contributed by atoms with Crippen LogP contribution in [0.15, 0.2) is 60.8 Å². The van der Waals surface area contributed by atoms with E-state index in [1.165, 1.54) is 48.6 Å². The van der Waals surface area contributed by atoms with Gasteiger partial charge in [0.25, 0.3) is 0 Å². The van der Waals surface area contributed by atoms with Gasteiger partial charge in [-0.2, -0.15) is 0 Å². The zero-order valence-electron chi connectivity index (χ0n) is 13.0. The molecule has 0 atom stereocenters. The molecule has 22 heavy (non-hydrogen) atoms. The fourth-order valence-electron chi connectivity index (χ4n) is 3.01. The van der Waals surface area contributed by atoms with Crippen LogP contribution < -0.4 is 5.73 Å². The Morgan fingerprint density at radius 3 is 2.50 bits per heavy atom. The number of fused-ring (bicyclic) bond motifs is 1. The van der Waals surface area contributed by atoms with Gasteiger partial charge in [0.2, 0.25) is 0 Å². The highest BCUT2D eigenvalue weighted by atomic mass is 14.9. The minimum Gasteiger partial charge on any atom is -0.399 e. The van der Waals surface area contributed by atoms with Gasteiger partial charge in [-0.3, -0.25) is 0 Å². The van der Waals surface area contributed by atoms with Crippen LogP contribution in [-0.2, 0) is 13.0 Å². The predicted molar refractivity (Wildman–Crippen MR) is 95.0 cm³/mol. The molecule has 0 spiro atoms. The normalized spacial score (nSPS) is 11.1. The Bertz CT molecular complexity index is 713. The van der Waals surface area contributed by atoms with Gasteiger partial charge in [0.1, 0.15) is 0 Å². The molecule has 0 unspecified atom stereocenters. The van der Waals surface area contributed by atoms with E-state index in [0.717, 1.165) is 12.2 Å². The summed E-state index contributed by atoms with van der Waals surface area (Å²) in [5.41, 5.74) is 9.44. The molecule has 0 amide bonds. The molecule has 0 radical (unpaired) electrons. The molecule has 2 aromatic carbocycles. The number of anilines is 1. The fraction of sp³-hybridized carbons (Fsp3) is 0.300. The molecule has 0 aliphatic heterocycles. The Morgan fingerprint density at radius 2 is 1.64 bits per heavy atom. The molecule has 0 saturated carbocycles. The molecule has 1 aromatic heterocycles. The largest absolute Gasteiger partial charge is 0.399 e. The molecule has 0 fully saturated rings. The van der Waals surface area contributed by atoms with Gasteiger partial charge in [-0.25, -0.2) is 0 Å². The van der Waals surface area contributed by atoms with Crippen LogP contribution in [-0.4, -0.2) is 4.57 Å². The van der Waals surface area contributed by atoms with E-state index in [4.69, 9.17) is 5.73 Å². The van der Waals surface area contributed by atoms with Gasteiger partial charge >= 0.3 is 0 Å². The van der Waals surface area contributed by atoms with E-state index < -0.39 is 0 Å². The first kappa shape index (κ1) is 14.7. The third-order valence-electron chi connectivity index (χ3n) is 4.26. The minimum atomic E-state index is 0.843. The lowest BCUT2D eigenvalue weighted by atomic mass is 10.1. The van der Waals surface area contributed by atoms with Crippen LogP contribution in [0.25, 0.3) is 10.9 Å². The number of hydrogen-bond acceptors (Lipinski definition) is 1. The molecular formula is C20H24N2. The lowest BCUT2D eigenvalue weighted by molar-refractivity contribution is 0.581. The van der Waals surface area contributed by atoms with Crippen molar-refractivity contribution < 1.29 is 0 Å². The number of hydrogen-bond donors (Lipinski definition) is 1. The van der Waals surface area contributed by atoms with Crippen LogP contribution in [0.5, 0.6) is 0 Å². The lowest BCUT2D eigenvalue weighted by Crippen LogP contribution is -1.97. The number of unbranched alkanes of at least 4 members (excludes halogenated alkanes) is 3. The van der Waals surface area contributed by atoms with E-state index in [1.54, 1.807) is 0 Å². The average molecular weight is 292 g/mol. The van der Waals surface area contributed by atoms with Crippen molar-refractivity contribution in [2.45, 2.75) is 38.6 Å². The summed E-state index contributed by atoms with van der Waals surface area (Å²) < 4.78 is 2.32. The quantitative estimate of drug-likeness (QED) is 0.480. The van der Waals surface area contributed by atoms with E-state index in [2.05, 4.69) is 59.3 Å². The molecule has 0 saturated heterocycles. The van der Waals surface area contributed by atoms with E-state index in [1.807, 2.05) is 6.07 Å². The van der Waals surface area contributed by atoms with Crippen LogP contribution in [0.2, 0.25) is 0 Å². The fourth-order valence-corrected chi connectivity index (χ4v) is 3.01. The summed E-state index contributed by atoms with van der Waals surface area (Å²) in [6.45, 7) is 1.08. The summed E-state index contributed by atoms with van der Waals surface area (Å²) in [6.07, 6.45) is 8.47. The summed E-state index contributed by atoms with van der Waals surface area (Å²) in [5, 5.41) is 1.28. The molecule has 2 nitrogen and oxygen atoms in total. The van der Waals surface area contributed by atoms with Crippen molar-refractivity contribution in [3.05, 3.63) is 66.4 Å². The van der Waals surface area contributed by atoms with Crippen molar-refractivity contribution in [1.82, 2.24) is 4.57 Å². The van der Waals surface area contributed by atoms with Gasteiger partial charge in [-0.05, 0) is 48.4 Å². The summed E-state index contributed by atoms with van der Waals surface area (Å²) in [4.78, 5) is 0. The van der Waals surface area contributed by atoms with Gasteiger partial charge in [-0.15, -0.1) is 0 Å². The van der Waals surface area contributed by atoms with Crippen molar-refractivity contribution in [2.24, 2.45) is 0 Å². The van der Waals surface area contributed by atoms with Crippen molar-refractivity contribution in [3.63, 3.8) is 0 Å². The third-order valence-corrected chi connectivity index (χ3v) is 4.26. The van der Waals surface area contributed by atoms with Gasteiger partial charge in [-0.1, -0.05) is 49.2 Å². The maximum Gasteiger partial charge on any atom is 0.0500 e. The average Bonchev–Trinajstić information content (AvgIpc) is 2.94. The topological polar surface area (TPSA) is 30.9 Å². The first-order valence-electron chi connectivity index (χ1n) is 8.21. The van der Waals surface area contributed by atoms with Crippen LogP contribution in [0.1, 0.15) is 31.2 Å². The Hall–Kier alpha value is -2.22. The molecule has 114 valence electrons. The van der Waals surface area contributed by atoms with Crippen molar-refractivity contribution in [2.75, 3.05) is 5.73 Å². The van der Waals surface area contributed by atoms with Crippen LogP contribution >= 0.6 is 0 Å². The molecule has 0 aliphatic rings. The molecule has 0 aliphatic carbocycles. The Labute approximate surface area is 132 Å². The van der Waals surface area contributed by atoms with Crippen molar-refractivity contribution in [3.8, 4) is 0 Å². The Balaban J connectivity index is 1.42. The van der Waals surface area contributed by atoms with Crippen LogP contribution in [0.3, 0.4) is 0 Å². The third kappa shape index (κ3) is 3.70. The highest BCUT2D eigenvalue weighted by Gasteiger charge is 2.01. The molecule has 3 rings (SSSR count). The standard InChI is InChI=1S/C20H24N2/c21-19-12-11-18-13-15-22(20(18)16-19)14-7-2-1-4-8-17-9-5-3-6-10-17/h3,5-6,9-13,15-16H,1-2,4,7-8,14,21H2. The number of aromatic nitrogens is 1. The number of aryl methyl sites for hydroxylation is 2. The molecule has 1 heterocycles. The smallest absolute Gasteiger partial charge is 0.0500 e. The molecule has 2 N–H and O–H groups in total. The molecule has 0 bridgehead atoms. The van der Waals surface area contributed by atoms with E-state index in [-0.39, 0.29) is 0 Å². The molecule has 2 heteroatoms. The zero-order chi connectivity index (χ0) is 15.2. The maximum absolute atomic E-state index is 5.89. The number of benzene rings is 2. The second-order valence-electron chi connectivity index (χ2n) is 5.98. The van der Waals surface area contributed by atoms with E-state index in [0.29, 0.717) is 0 Å². The zero-order valence-corrected chi connectivity index (χ0v) is 13.0. The molecular weight excluding hydrogens is 268 g/mol. The first-order chi connectivity index (χ1) is 10.8. The first-order valence-corrected chi connectivity index (χ1v) is 8.21. The Kier molecular flexibility index (Phi) is 4.79. The summed E-state index contributed by atoms with van der Waals surface area (Å²) in [6, 6.07) is 19.1. The number of nitrogens with two attached hydrogens (primary N) is 1. The van der Waals surface area contributed by atoms with Crippen molar-refractivity contribution in [1.29, 1.82) is 0 Å². The summed E-state index contributed by atoms with van der Waals surface area (Å²) in [7, 11) is 0. The Morgan fingerprint density at radius 1 is 0.818 bits per heavy atom.